The number of likely N-dealkylation sites (tertiary alicyclic amines) is 1. The van der Waals surface area contributed by atoms with Gasteiger partial charge in [-0.15, -0.1) is 0 Å². The number of anilines is 1. The summed E-state index contributed by atoms with van der Waals surface area (Å²) in [5.41, 5.74) is 3.11. The minimum Gasteiger partial charge on any atom is -0.368 e. The van der Waals surface area contributed by atoms with Crippen molar-refractivity contribution in [1.29, 1.82) is 0 Å². The molecule has 5 nitrogen and oxygen atoms in total. The highest BCUT2D eigenvalue weighted by molar-refractivity contribution is 5.82. The van der Waals surface area contributed by atoms with E-state index in [-0.39, 0.29) is 6.04 Å². The molecule has 3 aliphatic heterocycles. The molecular formula is C22H34N4O. The third-order valence-electron chi connectivity index (χ3n) is 7.00. The lowest BCUT2D eigenvalue weighted by atomic mass is 9.77. The van der Waals surface area contributed by atoms with Crippen molar-refractivity contribution in [3.8, 4) is 0 Å². The predicted octanol–water partition coefficient (Wildman–Crippen LogP) is 1.97. The van der Waals surface area contributed by atoms with E-state index >= 15 is 0 Å². The van der Waals surface area contributed by atoms with E-state index in [1.54, 1.807) is 0 Å². The van der Waals surface area contributed by atoms with Crippen LogP contribution in [0, 0.1) is 5.41 Å². The number of aryl methyl sites for hydroxylation is 1. The Hall–Kier alpha value is -1.59. The highest BCUT2D eigenvalue weighted by Gasteiger charge is 2.46. The molecule has 1 aromatic rings. The molecule has 3 saturated heterocycles. The van der Waals surface area contributed by atoms with Gasteiger partial charge in [0.2, 0.25) is 5.91 Å². The Morgan fingerprint density at radius 3 is 2.56 bits per heavy atom. The van der Waals surface area contributed by atoms with Crippen LogP contribution in [0.3, 0.4) is 0 Å². The highest BCUT2D eigenvalue weighted by atomic mass is 16.2. The number of nitrogens with zero attached hydrogens (tertiary/aromatic N) is 3. The number of benzene rings is 1. The first-order valence-corrected chi connectivity index (χ1v) is 10.6. The van der Waals surface area contributed by atoms with Crippen LogP contribution in [-0.4, -0.2) is 74.6 Å². The van der Waals surface area contributed by atoms with Gasteiger partial charge in [0, 0.05) is 38.4 Å². The van der Waals surface area contributed by atoms with Gasteiger partial charge in [0.1, 0.15) is 0 Å². The first-order chi connectivity index (χ1) is 13.1. The fraction of sp³-hybridized carbons (Fsp3) is 0.682. The molecule has 1 amide bonds. The third kappa shape index (κ3) is 3.72. The Morgan fingerprint density at radius 1 is 1.15 bits per heavy atom. The third-order valence-corrected chi connectivity index (χ3v) is 7.00. The summed E-state index contributed by atoms with van der Waals surface area (Å²) in [4.78, 5) is 20.2. The quantitative estimate of drug-likeness (QED) is 0.883. The number of likely N-dealkylation sites (N-methyl/N-ethyl adjacent to an activating group) is 1. The lowest BCUT2D eigenvalue weighted by Gasteiger charge is -2.38. The van der Waals surface area contributed by atoms with E-state index < -0.39 is 0 Å². The van der Waals surface area contributed by atoms with E-state index in [1.807, 2.05) is 0 Å². The van der Waals surface area contributed by atoms with Gasteiger partial charge >= 0.3 is 0 Å². The van der Waals surface area contributed by atoms with Crippen LogP contribution < -0.4 is 10.2 Å². The van der Waals surface area contributed by atoms with Crippen molar-refractivity contribution in [2.24, 2.45) is 5.41 Å². The van der Waals surface area contributed by atoms with Crippen LogP contribution >= 0.6 is 0 Å². The first-order valence-electron chi connectivity index (χ1n) is 10.6. The van der Waals surface area contributed by atoms with Crippen LogP contribution in [0.4, 0.5) is 5.69 Å². The van der Waals surface area contributed by atoms with Gasteiger partial charge in [-0.25, -0.2) is 0 Å². The summed E-state index contributed by atoms with van der Waals surface area (Å²) in [6.45, 7) is 9.06. The summed E-state index contributed by atoms with van der Waals surface area (Å²) in [5, 5.41) is 3.47. The fourth-order valence-corrected chi connectivity index (χ4v) is 5.36. The molecule has 3 aliphatic rings. The van der Waals surface area contributed by atoms with Gasteiger partial charge in [-0.2, -0.15) is 0 Å². The van der Waals surface area contributed by atoms with Gasteiger partial charge in [0.05, 0.1) is 6.04 Å². The average Bonchev–Trinajstić information content (AvgIpc) is 3.03. The SMILES string of the molecule is CCc1ccccc1N1CCN(C(=O)C2CC3(CCNCC3)CN2C)CC1. The maximum atomic E-state index is 13.3. The second-order valence-electron chi connectivity index (χ2n) is 8.68. The van der Waals surface area contributed by atoms with E-state index in [0.29, 0.717) is 11.3 Å². The van der Waals surface area contributed by atoms with E-state index in [0.717, 1.165) is 58.7 Å². The minimum atomic E-state index is 0.0811. The fourth-order valence-electron chi connectivity index (χ4n) is 5.36. The maximum Gasteiger partial charge on any atom is 0.240 e. The maximum absolute atomic E-state index is 13.3. The van der Waals surface area contributed by atoms with E-state index in [9.17, 15) is 4.79 Å². The first kappa shape index (κ1) is 18.8. The highest BCUT2D eigenvalue weighted by Crippen LogP contribution is 2.41. The number of carbonyl (C=O) groups is 1. The molecule has 5 heteroatoms. The topological polar surface area (TPSA) is 38.8 Å². The van der Waals surface area contributed by atoms with E-state index in [2.05, 4.69) is 58.3 Å². The molecular weight excluding hydrogens is 336 g/mol. The summed E-state index contributed by atoms with van der Waals surface area (Å²) in [7, 11) is 2.15. The van der Waals surface area contributed by atoms with Crippen LogP contribution in [0.5, 0.6) is 0 Å². The zero-order chi connectivity index (χ0) is 18.9. The van der Waals surface area contributed by atoms with E-state index in [4.69, 9.17) is 0 Å². The summed E-state index contributed by atoms with van der Waals surface area (Å²) in [6.07, 6.45) is 4.52. The zero-order valence-corrected chi connectivity index (χ0v) is 16.9. The summed E-state index contributed by atoms with van der Waals surface area (Å²) < 4.78 is 0. The van der Waals surface area contributed by atoms with Crippen molar-refractivity contribution in [2.75, 3.05) is 57.8 Å². The van der Waals surface area contributed by atoms with Gasteiger partial charge < -0.3 is 15.1 Å². The van der Waals surface area contributed by atoms with Crippen molar-refractivity contribution in [1.82, 2.24) is 15.1 Å². The van der Waals surface area contributed by atoms with Crippen molar-refractivity contribution < 1.29 is 4.79 Å². The van der Waals surface area contributed by atoms with Crippen molar-refractivity contribution >= 4 is 11.6 Å². The number of nitrogens with one attached hydrogen (secondary N) is 1. The molecule has 148 valence electrons. The van der Waals surface area contributed by atoms with Crippen LogP contribution in [-0.2, 0) is 11.2 Å². The summed E-state index contributed by atoms with van der Waals surface area (Å²) in [5.74, 6) is 0.358. The molecule has 1 aromatic carbocycles. The van der Waals surface area contributed by atoms with E-state index in [1.165, 1.54) is 24.1 Å². The lowest BCUT2D eigenvalue weighted by Crippen LogP contribution is -2.53. The number of piperidine rings is 1. The Bertz CT molecular complexity index is 662. The number of hydrogen-bond acceptors (Lipinski definition) is 4. The van der Waals surface area contributed by atoms with Crippen molar-refractivity contribution in [2.45, 2.75) is 38.6 Å². The Labute approximate surface area is 163 Å². The molecule has 0 aliphatic carbocycles. The summed E-state index contributed by atoms with van der Waals surface area (Å²) >= 11 is 0. The van der Waals surface area contributed by atoms with Crippen molar-refractivity contribution in [3.63, 3.8) is 0 Å². The number of para-hydroxylation sites is 1. The van der Waals surface area contributed by atoms with Gasteiger partial charge in [-0.05, 0) is 62.9 Å². The monoisotopic (exact) mass is 370 g/mol. The van der Waals surface area contributed by atoms with Gasteiger partial charge in [-0.1, -0.05) is 25.1 Å². The molecule has 27 heavy (non-hydrogen) atoms. The smallest absolute Gasteiger partial charge is 0.240 e. The molecule has 1 unspecified atom stereocenters. The van der Waals surface area contributed by atoms with Gasteiger partial charge in [0.15, 0.2) is 0 Å². The second kappa shape index (κ2) is 7.80. The molecule has 1 spiro atoms. The summed E-state index contributed by atoms with van der Waals surface area (Å²) in [6, 6.07) is 8.77. The Balaban J connectivity index is 1.37. The minimum absolute atomic E-state index is 0.0811. The lowest BCUT2D eigenvalue weighted by molar-refractivity contribution is -0.135. The molecule has 0 bridgehead atoms. The van der Waals surface area contributed by atoms with Crippen LogP contribution in [0.25, 0.3) is 0 Å². The Kier molecular flexibility index (Phi) is 5.42. The molecule has 0 radical (unpaired) electrons. The molecule has 4 rings (SSSR count). The average molecular weight is 371 g/mol. The normalized spacial score (nSPS) is 25.9. The molecule has 0 saturated carbocycles. The standard InChI is InChI=1S/C22H34N4O/c1-3-18-6-4-5-7-19(18)25-12-14-26(15-13-25)21(27)20-16-22(17-24(20)2)8-10-23-11-9-22/h4-7,20,23H,3,8-17H2,1-2H3. The molecule has 1 atom stereocenters. The number of rotatable bonds is 3. The van der Waals surface area contributed by atoms with Crippen LogP contribution in [0.15, 0.2) is 24.3 Å². The van der Waals surface area contributed by atoms with Gasteiger partial charge in [0.25, 0.3) is 0 Å². The van der Waals surface area contributed by atoms with Crippen LogP contribution in [0.2, 0.25) is 0 Å². The van der Waals surface area contributed by atoms with Crippen LogP contribution in [0.1, 0.15) is 31.7 Å². The largest absolute Gasteiger partial charge is 0.368 e. The number of amides is 1. The zero-order valence-electron chi connectivity index (χ0n) is 16.9. The number of carbonyl (C=O) groups excluding carboxylic acids is 1. The van der Waals surface area contributed by atoms with Gasteiger partial charge in [-0.3, -0.25) is 9.69 Å². The number of hydrogen-bond donors (Lipinski definition) is 1. The predicted molar refractivity (Wildman–Crippen MR) is 110 cm³/mol. The Morgan fingerprint density at radius 2 is 1.85 bits per heavy atom. The molecule has 3 fully saturated rings. The molecule has 0 aromatic heterocycles. The van der Waals surface area contributed by atoms with Crippen molar-refractivity contribution in [3.05, 3.63) is 29.8 Å². The molecule has 3 heterocycles. The second-order valence-corrected chi connectivity index (χ2v) is 8.68. The molecule has 1 N–H and O–H groups in total. The number of piperazine rings is 1.